The predicted octanol–water partition coefficient (Wildman–Crippen LogP) is 3.03. The molecule has 4 heteroatoms. The summed E-state index contributed by atoms with van der Waals surface area (Å²) < 4.78 is 13.7. The van der Waals surface area contributed by atoms with Gasteiger partial charge in [-0.25, -0.2) is 9.37 Å². The van der Waals surface area contributed by atoms with Gasteiger partial charge in [0.05, 0.1) is 22.8 Å². The number of rotatable bonds is 2. The second kappa shape index (κ2) is 5.10. The maximum atomic E-state index is 13.7. The van der Waals surface area contributed by atoms with Crippen molar-refractivity contribution in [3.8, 4) is 11.4 Å². The van der Waals surface area contributed by atoms with Crippen molar-refractivity contribution in [2.24, 2.45) is 4.99 Å². The van der Waals surface area contributed by atoms with Gasteiger partial charge in [-0.15, -0.1) is 0 Å². The van der Waals surface area contributed by atoms with Crippen molar-refractivity contribution in [2.75, 3.05) is 6.54 Å². The Bertz CT molecular complexity index is 648. The van der Waals surface area contributed by atoms with E-state index in [1.165, 1.54) is 12.1 Å². The number of halogens is 1. The Labute approximate surface area is 110 Å². The van der Waals surface area contributed by atoms with Crippen molar-refractivity contribution >= 4 is 5.71 Å². The lowest BCUT2D eigenvalue weighted by Gasteiger charge is -2.08. The molecule has 0 radical (unpaired) electrons. The summed E-state index contributed by atoms with van der Waals surface area (Å²) in [7, 11) is 0. The van der Waals surface area contributed by atoms with Crippen LogP contribution in [0.15, 0.2) is 53.7 Å². The molecule has 3 heterocycles. The van der Waals surface area contributed by atoms with E-state index in [0.29, 0.717) is 17.1 Å². The molecule has 0 saturated heterocycles. The van der Waals surface area contributed by atoms with E-state index in [1.807, 2.05) is 30.4 Å². The Morgan fingerprint density at radius 2 is 1.95 bits per heavy atom. The summed E-state index contributed by atoms with van der Waals surface area (Å²) in [6.07, 6.45) is 6.49. The lowest BCUT2D eigenvalue weighted by Crippen LogP contribution is -2.06. The molecule has 19 heavy (non-hydrogen) atoms. The zero-order valence-electron chi connectivity index (χ0n) is 10.3. The third-order valence-electron chi connectivity index (χ3n) is 2.83. The fourth-order valence-corrected chi connectivity index (χ4v) is 1.95. The average molecular weight is 253 g/mol. The third-order valence-corrected chi connectivity index (χ3v) is 2.83. The molecule has 0 bridgehead atoms. The molecule has 2 aromatic heterocycles. The van der Waals surface area contributed by atoms with Gasteiger partial charge in [-0.05, 0) is 24.6 Å². The van der Waals surface area contributed by atoms with E-state index >= 15 is 0 Å². The van der Waals surface area contributed by atoms with Gasteiger partial charge in [-0.3, -0.25) is 9.98 Å². The maximum Gasteiger partial charge on any atom is 0.127 e. The number of aliphatic imine (C=N–C) groups is 1. The van der Waals surface area contributed by atoms with Crippen LogP contribution in [0.3, 0.4) is 0 Å². The monoisotopic (exact) mass is 253 g/mol. The van der Waals surface area contributed by atoms with Crippen LogP contribution in [0.2, 0.25) is 0 Å². The Hall–Kier alpha value is -2.36. The molecule has 2 aromatic rings. The Morgan fingerprint density at radius 1 is 1.05 bits per heavy atom. The number of allylic oxidation sites excluding steroid dienone is 1. The molecule has 0 atom stereocenters. The van der Waals surface area contributed by atoms with Crippen LogP contribution < -0.4 is 0 Å². The highest BCUT2D eigenvalue weighted by molar-refractivity contribution is 6.07. The highest BCUT2D eigenvalue weighted by atomic mass is 19.1. The second-order valence-corrected chi connectivity index (χ2v) is 4.23. The molecule has 0 spiro atoms. The van der Waals surface area contributed by atoms with Crippen LogP contribution in [0.25, 0.3) is 11.4 Å². The van der Waals surface area contributed by atoms with Crippen LogP contribution in [0.4, 0.5) is 4.39 Å². The second-order valence-electron chi connectivity index (χ2n) is 4.23. The summed E-state index contributed by atoms with van der Waals surface area (Å²) in [5.74, 6) is -0.327. The van der Waals surface area contributed by atoms with Crippen LogP contribution in [0, 0.1) is 5.82 Å². The van der Waals surface area contributed by atoms with E-state index in [9.17, 15) is 4.39 Å². The van der Waals surface area contributed by atoms with Crippen LogP contribution >= 0.6 is 0 Å². The number of dihydropyridines is 1. The maximum absolute atomic E-state index is 13.7. The van der Waals surface area contributed by atoms with Crippen molar-refractivity contribution in [1.82, 2.24) is 9.97 Å². The molecule has 3 rings (SSSR count). The van der Waals surface area contributed by atoms with Gasteiger partial charge in [0.25, 0.3) is 0 Å². The summed E-state index contributed by atoms with van der Waals surface area (Å²) in [5, 5.41) is 0. The molecule has 0 unspecified atom stereocenters. The minimum absolute atomic E-state index is 0.327. The largest absolute Gasteiger partial charge is 0.283 e. The molecule has 0 saturated carbocycles. The first kappa shape index (κ1) is 11.7. The standard InChI is InChI=1S/C15H12FN3/c16-11-9-14(12-5-1-3-7-17-12)19-15(10-11)13-6-2-4-8-18-13/h1-3,5-7,9-10H,4,8H2. The lowest BCUT2D eigenvalue weighted by molar-refractivity contribution is 0.625. The van der Waals surface area contributed by atoms with E-state index in [-0.39, 0.29) is 5.82 Å². The van der Waals surface area contributed by atoms with Crippen molar-refractivity contribution < 1.29 is 4.39 Å². The van der Waals surface area contributed by atoms with Crippen molar-refractivity contribution in [1.29, 1.82) is 0 Å². The minimum atomic E-state index is -0.327. The van der Waals surface area contributed by atoms with Gasteiger partial charge in [-0.1, -0.05) is 12.1 Å². The summed E-state index contributed by atoms with van der Waals surface area (Å²) >= 11 is 0. The number of hydrogen-bond acceptors (Lipinski definition) is 3. The van der Waals surface area contributed by atoms with Crippen molar-refractivity contribution in [3.05, 3.63) is 60.2 Å². The topological polar surface area (TPSA) is 38.1 Å². The number of pyridine rings is 2. The van der Waals surface area contributed by atoms with E-state index in [1.54, 1.807) is 6.20 Å². The molecule has 0 N–H and O–H groups in total. The fourth-order valence-electron chi connectivity index (χ4n) is 1.95. The van der Waals surface area contributed by atoms with E-state index in [4.69, 9.17) is 0 Å². The molecule has 0 fully saturated rings. The Morgan fingerprint density at radius 3 is 2.68 bits per heavy atom. The molecule has 1 aliphatic rings. The highest BCUT2D eigenvalue weighted by Gasteiger charge is 2.10. The molecule has 0 aromatic carbocycles. The molecule has 1 aliphatic heterocycles. The van der Waals surface area contributed by atoms with Gasteiger partial charge in [0.15, 0.2) is 0 Å². The molecular weight excluding hydrogens is 241 g/mol. The van der Waals surface area contributed by atoms with Gasteiger partial charge < -0.3 is 0 Å². The molecule has 3 nitrogen and oxygen atoms in total. The van der Waals surface area contributed by atoms with Crippen molar-refractivity contribution in [2.45, 2.75) is 6.42 Å². The van der Waals surface area contributed by atoms with E-state index in [2.05, 4.69) is 15.0 Å². The lowest BCUT2D eigenvalue weighted by atomic mass is 10.1. The first-order valence-electron chi connectivity index (χ1n) is 6.13. The molecule has 0 aliphatic carbocycles. The minimum Gasteiger partial charge on any atom is -0.283 e. The van der Waals surface area contributed by atoms with Gasteiger partial charge in [-0.2, -0.15) is 0 Å². The summed E-state index contributed by atoms with van der Waals surface area (Å²) in [4.78, 5) is 13.0. The number of nitrogens with zero attached hydrogens (tertiary/aromatic N) is 3. The third kappa shape index (κ3) is 2.57. The summed E-state index contributed by atoms with van der Waals surface area (Å²) in [6.45, 7) is 0.725. The fraction of sp³-hybridized carbons (Fsp3) is 0.133. The number of aromatic nitrogens is 2. The zero-order valence-corrected chi connectivity index (χ0v) is 10.3. The van der Waals surface area contributed by atoms with E-state index in [0.717, 1.165) is 18.7 Å². The van der Waals surface area contributed by atoms with Gasteiger partial charge in [0, 0.05) is 24.9 Å². The van der Waals surface area contributed by atoms with Crippen molar-refractivity contribution in [3.63, 3.8) is 0 Å². The normalized spacial score (nSPS) is 14.3. The van der Waals surface area contributed by atoms with Crippen LogP contribution in [0.5, 0.6) is 0 Å². The van der Waals surface area contributed by atoms with Gasteiger partial charge in [0.1, 0.15) is 5.82 Å². The molecule has 0 amide bonds. The smallest absolute Gasteiger partial charge is 0.127 e. The molecule has 94 valence electrons. The van der Waals surface area contributed by atoms with Crippen LogP contribution in [-0.2, 0) is 0 Å². The summed E-state index contributed by atoms with van der Waals surface area (Å²) in [6, 6.07) is 8.27. The predicted molar refractivity (Wildman–Crippen MR) is 72.6 cm³/mol. The Balaban J connectivity index is 2.06. The van der Waals surface area contributed by atoms with Gasteiger partial charge in [0.2, 0.25) is 0 Å². The average Bonchev–Trinajstić information content (AvgIpc) is 2.48. The zero-order chi connectivity index (χ0) is 13.1. The molecular formula is C15H12FN3. The van der Waals surface area contributed by atoms with Gasteiger partial charge >= 0.3 is 0 Å². The van der Waals surface area contributed by atoms with Crippen LogP contribution in [0.1, 0.15) is 12.1 Å². The number of hydrogen-bond donors (Lipinski definition) is 0. The SMILES string of the molecule is Fc1cc(C2=NCCC=C2)nc(-c2ccccn2)c1. The van der Waals surface area contributed by atoms with Crippen LogP contribution in [-0.4, -0.2) is 22.2 Å². The first-order valence-corrected chi connectivity index (χ1v) is 6.13. The first-order chi connectivity index (χ1) is 9.33. The quantitative estimate of drug-likeness (QED) is 0.825. The highest BCUT2D eigenvalue weighted by Crippen LogP contribution is 2.17. The Kier molecular flexibility index (Phi) is 3.14. The summed E-state index contributed by atoms with van der Waals surface area (Å²) in [5.41, 5.74) is 2.46. The van der Waals surface area contributed by atoms with E-state index < -0.39 is 0 Å².